The third-order valence-electron chi connectivity index (χ3n) is 5.16. The number of carbonyl (C=O) groups is 2. The van der Waals surface area contributed by atoms with Crippen LogP contribution in [-0.4, -0.2) is 46.3 Å². The molecule has 0 aliphatic carbocycles. The molecule has 4 rings (SSSR count). The number of hydrogen-bond donors (Lipinski definition) is 0. The van der Waals surface area contributed by atoms with Gasteiger partial charge in [0.2, 0.25) is 11.8 Å². The first-order chi connectivity index (χ1) is 12.2. The zero-order valence-electron chi connectivity index (χ0n) is 13.9. The van der Waals surface area contributed by atoms with Gasteiger partial charge in [-0.25, -0.2) is 9.97 Å². The molecule has 2 saturated heterocycles. The van der Waals surface area contributed by atoms with Crippen molar-refractivity contribution in [2.45, 2.75) is 19.3 Å². The van der Waals surface area contributed by atoms with Crippen molar-refractivity contribution in [2.24, 2.45) is 11.8 Å². The molecule has 2 fully saturated rings. The summed E-state index contributed by atoms with van der Waals surface area (Å²) in [4.78, 5) is 37.1. The molecule has 2 aliphatic rings. The summed E-state index contributed by atoms with van der Waals surface area (Å²) < 4.78 is 0. The molecule has 2 atom stereocenters. The summed E-state index contributed by atoms with van der Waals surface area (Å²) in [5, 5.41) is 4.00. The molecule has 2 aromatic rings. The van der Waals surface area contributed by atoms with Gasteiger partial charge in [-0.05, 0) is 35.8 Å². The van der Waals surface area contributed by atoms with E-state index in [1.165, 1.54) is 6.33 Å². The van der Waals surface area contributed by atoms with E-state index in [4.69, 9.17) is 0 Å². The summed E-state index contributed by atoms with van der Waals surface area (Å²) in [6.45, 7) is 2.01. The van der Waals surface area contributed by atoms with Crippen molar-refractivity contribution in [3.05, 3.63) is 41.1 Å². The lowest BCUT2D eigenvalue weighted by Gasteiger charge is -2.33. The molecule has 25 heavy (non-hydrogen) atoms. The fourth-order valence-corrected chi connectivity index (χ4v) is 4.43. The van der Waals surface area contributed by atoms with Crippen molar-refractivity contribution in [2.75, 3.05) is 24.5 Å². The van der Waals surface area contributed by atoms with Crippen molar-refractivity contribution in [3.8, 4) is 0 Å². The normalized spacial score (nSPS) is 23.0. The molecule has 2 aliphatic heterocycles. The van der Waals surface area contributed by atoms with Gasteiger partial charge in [-0.15, -0.1) is 0 Å². The van der Waals surface area contributed by atoms with Gasteiger partial charge in [0.15, 0.2) is 0 Å². The molecule has 7 heteroatoms. The van der Waals surface area contributed by atoms with E-state index in [1.807, 2.05) is 26.6 Å². The Morgan fingerprint density at radius 3 is 2.88 bits per heavy atom. The summed E-state index contributed by atoms with van der Waals surface area (Å²) in [7, 11) is 0. The van der Waals surface area contributed by atoms with E-state index in [1.54, 1.807) is 23.7 Å². The maximum atomic E-state index is 12.8. The van der Waals surface area contributed by atoms with Gasteiger partial charge in [0, 0.05) is 43.8 Å². The third kappa shape index (κ3) is 3.28. The Labute approximate surface area is 150 Å². The zero-order valence-corrected chi connectivity index (χ0v) is 14.7. The highest BCUT2D eigenvalue weighted by Gasteiger charge is 2.44. The van der Waals surface area contributed by atoms with Gasteiger partial charge in [-0.3, -0.25) is 9.59 Å². The second-order valence-corrected chi connectivity index (χ2v) is 7.45. The molecule has 0 spiro atoms. The predicted molar refractivity (Wildman–Crippen MR) is 95.2 cm³/mol. The van der Waals surface area contributed by atoms with Crippen LogP contribution in [0, 0.1) is 11.8 Å². The molecule has 0 bridgehead atoms. The van der Waals surface area contributed by atoms with Gasteiger partial charge < -0.3 is 9.80 Å². The van der Waals surface area contributed by atoms with Gasteiger partial charge in [-0.2, -0.15) is 11.3 Å². The van der Waals surface area contributed by atoms with E-state index >= 15 is 0 Å². The minimum atomic E-state index is -0.0577. The number of fused-ring (bicyclic) bond motifs is 1. The number of hydrogen-bond acceptors (Lipinski definition) is 5. The van der Waals surface area contributed by atoms with E-state index in [0.29, 0.717) is 31.8 Å². The molecule has 6 nitrogen and oxygen atoms in total. The van der Waals surface area contributed by atoms with Crippen LogP contribution in [0.2, 0.25) is 0 Å². The Morgan fingerprint density at radius 2 is 2.12 bits per heavy atom. The Hall–Kier alpha value is -2.28. The van der Waals surface area contributed by atoms with Gasteiger partial charge in [0.25, 0.3) is 0 Å². The van der Waals surface area contributed by atoms with Gasteiger partial charge in [0.1, 0.15) is 6.33 Å². The van der Waals surface area contributed by atoms with Crippen LogP contribution in [0.3, 0.4) is 0 Å². The standard InChI is InChI=1S/C18H20N4O2S/c23-17(2-1-13-7-19-12-20-8-13)21-9-14-3-5-22(15-4-6-25-11-15)18(24)16(14)10-21/h4,6-8,11-12,14,16H,1-3,5,9-10H2. The number of nitrogens with zero attached hydrogens (tertiary/aromatic N) is 4. The van der Waals surface area contributed by atoms with Crippen LogP contribution in [0.15, 0.2) is 35.5 Å². The summed E-state index contributed by atoms with van der Waals surface area (Å²) in [5.41, 5.74) is 1.95. The van der Waals surface area contributed by atoms with Crippen LogP contribution in [0.1, 0.15) is 18.4 Å². The van der Waals surface area contributed by atoms with E-state index in [9.17, 15) is 9.59 Å². The number of rotatable bonds is 4. The molecular formula is C18H20N4O2S. The molecule has 0 N–H and O–H groups in total. The highest BCUT2D eigenvalue weighted by molar-refractivity contribution is 7.08. The summed E-state index contributed by atoms with van der Waals surface area (Å²) in [6.07, 6.45) is 7.01. The Morgan fingerprint density at radius 1 is 1.28 bits per heavy atom. The predicted octanol–water partition coefficient (Wildman–Crippen LogP) is 1.98. The largest absolute Gasteiger partial charge is 0.342 e. The molecule has 4 heterocycles. The monoisotopic (exact) mass is 356 g/mol. The highest BCUT2D eigenvalue weighted by atomic mass is 32.1. The quantitative estimate of drug-likeness (QED) is 0.840. The van der Waals surface area contributed by atoms with Gasteiger partial charge >= 0.3 is 0 Å². The summed E-state index contributed by atoms with van der Waals surface area (Å²) >= 11 is 1.60. The molecule has 2 unspecified atom stereocenters. The number of piperidine rings is 1. The number of anilines is 1. The number of thiophene rings is 1. The average Bonchev–Trinajstić information content (AvgIpc) is 3.31. The SMILES string of the molecule is O=C(CCc1cncnc1)N1CC2CCN(c3ccsc3)C(=O)C2C1. The number of aromatic nitrogens is 2. The second kappa shape index (κ2) is 6.92. The maximum Gasteiger partial charge on any atom is 0.232 e. The second-order valence-electron chi connectivity index (χ2n) is 6.67. The van der Waals surface area contributed by atoms with Crippen LogP contribution < -0.4 is 4.90 Å². The zero-order chi connectivity index (χ0) is 17.2. The molecule has 0 aromatic carbocycles. The summed E-state index contributed by atoms with van der Waals surface area (Å²) in [5.74, 6) is 0.526. The first-order valence-electron chi connectivity index (χ1n) is 8.57. The Kier molecular flexibility index (Phi) is 4.48. The van der Waals surface area contributed by atoms with Crippen molar-refractivity contribution in [3.63, 3.8) is 0 Å². The number of likely N-dealkylation sites (tertiary alicyclic amines) is 1. The topological polar surface area (TPSA) is 66.4 Å². The molecule has 2 aromatic heterocycles. The van der Waals surface area contributed by atoms with Crippen molar-refractivity contribution < 1.29 is 9.59 Å². The highest BCUT2D eigenvalue weighted by Crippen LogP contribution is 2.35. The molecular weight excluding hydrogens is 336 g/mol. The minimum absolute atomic E-state index is 0.0577. The third-order valence-corrected chi connectivity index (χ3v) is 5.83. The number of amides is 2. The fourth-order valence-electron chi connectivity index (χ4n) is 3.79. The van der Waals surface area contributed by atoms with Crippen molar-refractivity contribution in [1.82, 2.24) is 14.9 Å². The Bertz CT molecular complexity index is 750. The molecule has 130 valence electrons. The minimum Gasteiger partial charge on any atom is -0.342 e. The first-order valence-corrected chi connectivity index (χ1v) is 9.52. The average molecular weight is 356 g/mol. The fraction of sp³-hybridized carbons (Fsp3) is 0.444. The van der Waals surface area contributed by atoms with Crippen molar-refractivity contribution >= 4 is 28.8 Å². The lowest BCUT2D eigenvalue weighted by atomic mass is 9.88. The smallest absolute Gasteiger partial charge is 0.232 e. The van der Waals surface area contributed by atoms with Crippen molar-refractivity contribution in [1.29, 1.82) is 0 Å². The van der Waals surface area contributed by atoms with E-state index in [0.717, 1.165) is 24.2 Å². The van der Waals surface area contributed by atoms with Crippen LogP contribution in [-0.2, 0) is 16.0 Å². The number of carbonyl (C=O) groups excluding carboxylic acids is 2. The molecule has 2 amide bonds. The lowest BCUT2D eigenvalue weighted by molar-refractivity contribution is -0.130. The summed E-state index contributed by atoms with van der Waals surface area (Å²) in [6, 6.07) is 1.99. The number of aryl methyl sites for hydroxylation is 1. The maximum absolute atomic E-state index is 12.8. The lowest BCUT2D eigenvalue weighted by Crippen LogP contribution is -2.45. The molecule has 0 saturated carbocycles. The molecule has 0 radical (unpaired) electrons. The van der Waals surface area contributed by atoms with Gasteiger partial charge in [0.05, 0.1) is 11.6 Å². The van der Waals surface area contributed by atoms with Crippen LogP contribution in [0.5, 0.6) is 0 Å². The first kappa shape index (κ1) is 16.2. The van der Waals surface area contributed by atoms with Crippen LogP contribution in [0.25, 0.3) is 0 Å². The van der Waals surface area contributed by atoms with Crippen LogP contribution >= 0.6 is 11.3 Å². The van der Waals surface area contributed by atoms with E-state index < -0.39 is 0 Å². The van der Waals surface area contributed by atoms with E-state index in [-0.39, 0.29) is 17.7 Å². The van der Waals surface area contributed by atoms with Crippen LogP contribution in [0.4, 0.5) is 5.69 Å². The van der Waals surface area contributed by atoms with Gasteiger partial charge in [-0.1, -0.05) is 0 Å². The van der Waals surface area contributed by atoms with E-state index in [2.05, 4.69) is 9.97 Å². The Balaban J connectivity index is 1.37.